The molecule has 0 aliphatic carbocycles. The molecule has 0 saturated carbocycles. The average Bonchev–Trinajstić information content (AvgIpc) is 2.82. The van der Waals surface area contributed by atoms with Gasteiger partial charge in [-0.3, -0.25) is 9.11 Å². The summed E-state index contributed by atoms with van der Waals surface area (Å²) in [6, 6.07) is 15.9. The van der Waals surface area contributed by atoms with E-state index in [1.165, 1.54) is 4.90 Å². The highest BCUT2D eigenvalue weighted by Crippen LogP contribution is 2.60. The van der Waals surface area contributed by atoms with Gasteiger partial charge in [0.25, 0.3) is 0 Å². The van der Waals surface area contributed by atoms with Gasteiger partial charge in [-0.25, -0.2) is 0 Å². The molecular formula is C22H18F13NOS. The van der Waals surface area contributed by atoms with Crippen LogP contribution in [0, 0.1) is 0 Å². The maximum absolute atomic E-state index is 14.2. The first kappa shape index (κ1) is 31.9. The van der Waals surface area contributed by atoms with Crippen LogP contribution in [0.5, 0.6) is 0 Å². The largest absolute Gasteiger partial charge is 0.460 e. The number of alkyl halides is 13. The summed E-state index contributed by atoms with van der Waals surface area (Å²) in [6.07, 6.45) is -7.50. The second-order valence-electron chi connectivity index (χ2n) is 8.04. The molecule has 0 bridgehead atoms. The minimum Gasteiger partial charge on any atom is -0.294 e. The van der Waals surface area contributed by atoms with Crippen molar-refractivity contribution in [2.24, 2.45) is 0 Å². The Morgan fingerprint density at radius 1 is 0.553 bits per heavy atom. The van der Waals surface area contributed by atoms with Crippen molar-refractivity contribution in [2.45, 2.75) is 48.2 Å². The van der Waals surface area contributed by atoms with Gasteiger partial charge in [0.1, 0.15) is 0 Å². The standard InChI is InChI=1S/C22H18F13NOS/c23-17(24,19(27,28)21(31,32)33)18(25,26)20(29,30)22(34,35)38(37)12-11-36(13-15-7-3-1-4-8-15)14-16-9-5-2-6-10-16/h1-10H,11-14H2. The number of benzene rings is 2. The molecule has 2 aromatic carbocycles. The molecule has 0 N–H and O–H groups in total. The highest BCUT2D eigenvalue weighted by Gasteiger charge is 2.91. The van der Waals surface area contributed by atoms with Gasteiger partial charge < -0.3 is 0 Å². The number of hydrogen-bond acceptors (Lipinski definition) is 2. The molecular weight excluding hydrogens is 573 g/mol. The predicted molar refractivity (Wildman–Crippen MR) is 111 cm³/mol. The van der Waals surface area contributed by atoms with E-state index in [1.807, 2.05) is 0 Å². The molecule has 0 aromatic heterocycles. The van der Waals surface area contributed by atoms with Gasteiger partial charge in [-0.15, -0.1) is 0 Å². The Morgan fingerprint density at radius 2 is 0.921 bits per heavy atom. The lowest BCUT2D eigenvalue weighted by Crippen LogP contribution is -2.70. The fourth-order valence-corrected chi connectivity index (χ4v) is 4.23. The number of nitrogens with zero attached hydrogens (tertiary/aromatic N) is 1. The van der Waals surface area contributed by atoms with Gasteiger partial charge in [0, 0.05) is 25.4 Å². The van der Waals surface area contributed by atoms with Crippen LogP contribution in [0.4, 0.5) is 57.1 Å². The van der Waals surface area contributed by atoms with Crippen LogP contribution < -0.4 is 0 Å². The van der Waals surface area contributed by atoms with Crippen LogP contribution in [-0.4, -0.2) is 56.5 Å². The van der Waals surface area contributed by atoms with Gasteiger partial charge in [-0.1, -0.05) is 60.7 Å². The van der Waals surface area contributed by atoms with E-state index in [9.17, 15) is 61.3 Å². The van der Waals surface area contributed by atoms with Crippen LogP contribution in [0.25, 0.3) is 0 Å². The fraction of sp³-hybridized carbons (Fsp3) is 0.455. The van der Waals surface area contributed by atoms with Gasteiger partial charge in [0.05, 0.1) is 10.8 Å². The van der Waals surface area contributed by atoms with Crippen LogP contribution in [0.1, 0.15) is 11.1 Å². The molecule has 0 saturated heterocycles. The van der Waals surface area contributed by atoms with E-state index in [1.54, 1.807) is 60.7 Å². The maximum atomic E-state index is 14.2. The van der Waals surface area contributed by atoms with E-state index >= 15 is 0 Å². The van der Waals surface area contributed by atoms with Crippen LogP contribution in [0.3, 0.4) is 0 Å². The zero-order valence-electron chi connectivity index (χ0n) is 18.8. The monoisotopic (exact) mass is 591 g/mol. The Balaban J connectivity index is 2.30. The highest BCUT2D eigenvalue weighted by atomic mass is 32.2. The van der Waals surface area contributed by atoms with Gasteiger partial charge in [-0.2, -0.15) is 57.1 Å². The molecule has 0 fully saturated rings. The first-order valence-corrected chi connectivity index (χ1v) is 11.7. The molecule has 38 heavy (non-hydrogen) atoms. The van der Waals surface area contributed by atoms with E-state index in [0.29, 0.717) is 11.1 Å². The first-order valence-electron chi connectivity index (χ1n) is 10.3. The number of hydrogen-bond donors (Lipinski definition) is 0. The van der Waals surface area contributed by atoms with Crippen molar-refractivity contribution >= 4 is 10.8 Å². The van der Waals surface area contributed by atoms with Gasteiger partial charge in [0.15, 0.2) is 0 Å². The van der Waals surface area contributed by atoms with Crippen LogP contribution in [0.2, 0.25) is 0 Å². The summed E-state index contributed by atoms with van der Waals surface area (Å²) in [6.45, 7) is -0.912. The molecule has 0 aliphatic heterocycles. The Morgan fingerprint density at radius 3 is 1.29 bits per heavy atom. The molecule has 0 radical (unpaired) electrons. The second-order valence-corrected chi connectivity index (χ2v) is 9.66. The Bertz CT molecular complexity index is 1030. The molecule has 0 heterocycles. The minimum absolute atomic E-state index is 0.0685. The topological polar surface area (TPSA) is 20.3 Å². The molecule has 1 unspecified atom stereocenters. The highest BCUT2D eigenvalue weighted by molar-refractivity contribution is 7.86. The van der Waals surface area contributed by atoms with Crippen molar-refractivity contribution in [3.63, 3.8) is 0 Å². The average molecular weight is 591 g/mol. The summed E-state index contributed by atoms with van der Waals surface area (Å²) in [4.78, 5) is 1.27. The summed E-state index contributed by atoms with van der Waals surface area (Å²) in [5.41, 5.74) is 1.10. The zero-order valence-corrected chi connectivity index (χ0v) is 19.6. The first-order chi connectivity index (χ1) is 17.2. The number of halogens is 13. The minimum atomic E-state index is -8.03. The lowest BCUT2D eigenvalue weighted by Gasteiger charge is -2.39. The van der Waals surface area contributed by atoms with E-state index < -0.39 is 58.2 Å². The zero-order chi connectivity index (χ0) is 29.2. The maximum Gasteiger partial charge on any atom is 0.460 e. The fourth-order valence-electron chi connectivity index (χ4n) is 3.14. The molecule has 2 rings (SSSR count). The summed E-state index contributed by atoms with van der Waals surface area (Å²) in [7, 11) is -4.43. The van der Waals surface area contributed by atoms with Gasteiger partial charge in [0.2, 0.25) is 0 Å². The van der Waals surface area contributed by atoms with Crippen molar-refractivity contribution in [1.82, 2.24) is 4.90 Å². The third-order valence-electron chi connectivity index (χ3n) is 5.28. The lowest BCUT2D eigenvalue weighted by atomic mass is 9.98. The van der Waals surface area contributed by atoms with Crippen LogP contribution in [0.15, 0.2) is 60.7 Å². The van der Waals surface area contributed by atoms with Crippen LogP contribution in [-0.2, 0) is 23.9 Å². The van der Waals surface area contributed by atoms with Gasteiger partial charge >= 0.3 is 35.1 Å². The molecule has 0 amide bonds. The van der Waals surface area contributed by atoms with Crippen molar-refractivity contribution in [2.75, 3.05) is 12.3 Å². The van der Waals surface area contributed by atoms with Crippen LogP contribution >= 0.6 is 0 Å². The summed E-state index contributed by atoms with van der Waals surface area (Å²) in [5.74, 6) is -33.0. The van der Waals surface area contributed by atoms with E-state index in [0.717, 1.165) is 0 Å². The summed E-state index contributed by atoms with van der Waals surface area (Å²) in [5, 5.41) is -6.63. The normalized spacial score (nSPS) is 15.1. The molecule has 0 spiro atoms. The third-order valence-corrected chi connectivity index (χ3v) is 6.66. The van der Waals surface area contributed by atoms with E-state index in [-0.39, 0.29) is 13.1 Å². The molecule has 214 valence electrons. The van der Waals surface area contributed by atoms with Crippen molar-refractivity contribution in [1.29, 1.82) is 0 Å². The SMILES string of the molecule is O=S(CCN(Cc1ccccc1)Cc1ccccc1)C(F)(F)C(F)(F)C(F)(F)C(F)(F)C(F)(F)C(F)(F)F. The molecule has 1 atom stereocenters. The Kier molecular flexibility index (Phi) is 9.24. The molecule has 2 nitrogen and oxygen atoms in total. The Hall–Kier alpha value is -2.36. The van der Waals surface area contributed by atoms with Gasteiger partial charge in [-0.05, 0) is 11.1 Å². The summed E-state index contributed by atoms with van der Waals surface area (Å²) >= 11 is 0. The molecule has 2 aromatic rings. The third kappa shape index (κ3) is 5.95. The number of rotatable bonds is 12. The van der Waals surface area contributed by atoms with Crippen molar-refractivity contribution in [3.8, 4) is 0 Å². The van der Waals surface area contributed by atoms with Crippen molar-refractivity contribution < 1.29 is 61.3 Å². The Labute approximate surface area is 209 Å². The lowest BCUT2D eigenvalue weighted by molar-refractivity contribution is -0.433. The van der Waals surface area contributed by atoms with E-state index in [2.05, 4.69) is 0 Å². The molecule has 0 aliphatic rings. The smallest absolute Gasteiger partial charge is 0.294 e. The summed E-state index contributed by atoms with van der Waals surface area (Å²) < 4.78 is 185. The predicted octanol–water partition coefficient (Wildman–Crippen LogP) is 7.13. The van der Waals surface area contributed by atoms with Crippen molar-refractivity contribution in [3.05, 3.63) is 71.8 Å². The second kappa shape index (κ2) is 11.0. The quantitative estimate of drug-likeness (QED) is 0.245. The van der Waals surface area contributed by atoms with E-state index in [4.69, 9.17) is 0 Å². The molecule has 16 heteroatoms.